The molecule has 1 aromatic heterocycles. The Morgan fingerprint density at radius 2 is 1.96 bits per heavy atom. The second-order valence-electron chi connectivity index (χ2n) is 5.65. The number of amides is 2. The molecule has 25 heavy (non-hydrogen) atoms. The smallest absolute Gasteiger partial charge is 0.268 e. The molecule has 3 aromatic rings. The van der Waals surface area contributed by atoms with Crippen LogP contribution in [0.25, 0.3) is 10.9 Å². The Morgan fingerprint density at radius 1 is 1.20 bits per heavy atom. The van der Waals surface area contributed by atoms with E-state index in [2.05, 4.69) is 5.32 Å². The van der Waals surface area contributed by atoms with Crippen LogP contribution in [-0.2, 0) is 13.6 Å². The van der Waals surface area contributed by atoms with Gasteiger partial charge in [0.05, 0.1) is 5.56 Å². The van der Waals surface area contributed by atoms with E-state index in [9.17, 15) is 14.0 Å². The first kappa shape index (κ1) is 17.0. The topological polar surface area (TPSA) is 77.1 Å². The van der Waals surface area contributed by atoms with E-state index >= 15 is 0 Å². The number of nitrogens with two attached hydrogens (primary N) is 1. The van der Waals surface area contributed by atoms with Gasteiger partial charge in [-0.1, -0.05) is 23.7 Å². The standard InChI is InChI=1S/C18H15ClFN3O2/c1-23-15-8-12(19)4-3-11(15)7-16(23)18(25)22-9-10-2-5-14(20)13(6-10)17(21)24/h2-8H,9H2,1H3,(H2,21,24)(H,22,25). The van der Waals surface area contributed by atoms with Crippen LogP contribution in [0, 0.1) is 5.82 Å². The van der Waals surface area contributed by atoms with Gasteiger partial charge in [0.15, 0.2) is 0 Å². The lowest BCUT2D eigenvalue weighted by Gasteiger charge is -2.08. The molecule has 3 rings (SSSR count). The normalized spacial score (nSPS) is 10.8. The van der Waals surface area contributed by atoms with Gasteiger partial charge in [-0.15, -0.1) is 0 Å². The third-order valence-electron chi connectivity index (χ3n) is 3.99. The maximum atomic E-state index is 13.5. The zero-order valence-corrected chi connectivity index (χ0v) is 14.1. The Balaban J connectivity index is 1.80. The van der Waals surface area contributed by atoms with Crippen molar-refractivity contribution in [1.29, 1.82) is 0 Å². The summed E-state index contributed by atoms with van der Waals surface area (Å²) < 4.78 is 15.2. The molecule has 0 aliphatic heterocycles. The monoisotopic (exact) mass is 359 g/mol. The molecule has 5 nitrogen and oxygen atoms in total. The van der Waals surface area contributed by atoms with Gasteiger partial charge < -0.3 is 15.6 Å². The third-order valence-corrected chi connectivity index (χ3v) is 4.22. The average molecular weight is 360 g/mol. The molecule has 0 fully saturated rings. The minimum Gasteiger partial charge on any atom is -0.366 e. The van der Waals surface area contributed by atoms with Crippen LogP contribution in [0.15, 0.2) is 42.5 Å². The number of hydrogen-bond acceptors (Lipinski definition) is 2. The van der Waals surface area contributed by atoms with Gasteiger partial charge in [0, 0.05) is 29.5 Å². The number of nitrogens with one attached hydrogen (secondary N) is 1. The number of aromatic nitrogens is 1. The number of hydrogen-bond donors (Lipinski definition) is 2. The summed E-state index contributed by atoms with van der Waals surface area (Å²) in [5.74, 6) is -1.83. The van der Waals surface area contributed by atoms with Crippen LogP contribution in [0.2, 0.25) is 5.02 Å². The molecule has 0 atom stereocenters. The Labute approximate surface area is 148 Å². The van der Waals surface area contributed by atoms with Gasteiger partial charge in [-0.05, 0) is 35.9 Å². The van der Waals surface area contributed by atoms with Crippen LogP contribution in [0.4, 0.5) is 4.39 Å². The van der Waals surface area contributed by atoms with Gasteiger partial charge in [-0.2, -0.15) is 0 Å². The van der Waals surface area contributed by atoms with E-state index in [0.717, 1.165) is 17.0 Å². The van der Waals surface area contributed by atoms with Crippen molar-refractivity contribution in [3.05, 3.63) is 70.1 Å². The molecule has 0 saturated heterocycles. The van der Waals surface area contributed by atoms with Crippen molar-refractivity contribution in [2.75, 3.05) is 0 Å². The number of nitrogens with zero attached hydrogens (tertiary/aromatic N) is 1. The number of aryl methyl sites for hydroxylation is 1. The molecular weight excluding hydrogens is 345 g/mol. The highest BCUT2D eigenvalue weighted by Gasteiger charge is 2.14. The van der Waals surface area contributed by atoms with Crippen molar-refractivity contribution in [2.45, 2.75) is 6.54 Å². The molecule has 0 spiro atoms. The zero-order chi connectivity index (χ0) is 18.1. The average Bonchev–Trinajstić information content (AvgIpc) is 2.90. The van der Waals surface area contributed by atoms with Gasteiger partial charge in [0.1, 0.15) is 11.5 Å². The second kappa shape index (κ2) is 6.57. The predicted molar refractivity (Wildman–Crippen MR) is 94.0 cm³/mol. The highest BCUT2D eigenvalue weighted by atomic mass is 35.5. The Bertz CT molecular complexity index is 997. The maximum Gasteiger partial charge on any atom is 0.268 e. The fourth-order valence-corrected chi connectivity index (χ4v) is 2.83. The lowest BCUT2D eigenvalue weighted by molar-refractivity contribution is 0.0942. The summed E-state index contributed by atoms with van der Waals surface area (Å²) in [6.07, 6.45) is 0. The second-order valence-corrected chi connectivity index (χ2v) is 6.09. The molecule has 0 bridgehead atoms. The molecule has 2 amide bonds. The van der Waals surface area contributed by atoms with Crippen molar-refractivity contribution in [1.82, 2.24) is 9.88 Å². The predicted octanol–water partition coefficient (Wildman–Crippen LogP) is 3.00. The summed E-state index contributed by atoms with van der Waals surface area (Å²) in [6.45, 7) is 0.141. The third kappa shape index (κ3) is 3.34. The fourth-order valence-electron chi connectivity index (χ4n) is 2.67. The van der Waals surface area contributed by atoms with Crippen LogP contribution in [0.5, 0.6) is 0 Å². The molecule has 1 heterocycles. The summed E-state index contributed by atoms with van der Waals surface area (Å²) in [5.41, 5.74) is 6.81. The van der Waals surface area contributed by atoms with E-state index < -0.39 is 11.7 Å². The van der Waals surface area contributed by atoms with Crippen LogP contribution in [0.1, 0.15) is 26.4 Å². The van der Waals surface area contributed by atoms with Gasteiger partial charge in [0.25, 0.3) is 11.8 Å². The minimum atomic E-state index is -0.851. The molecule has 0 aliphatic rings. The van der Waals surface area contributed by atoms with Gasteiger partial charge in [0.2, 0.25) is 0 Å². The Morgan fingerprint density at radius 3 is 2.68 bits per heavy atom. The van der Waals surface area contributed by atoms with Crippen molar-refractivity contribution >= 4 is 34.3 Å². The number of fused-ring (bicyclic) bond motifs is 1. The molecule has 2 aromatic carbocycles. The van der Waals surface area contributed by atoms with Gasteiger partial charge in [-0.25, -0.2) is 4.39 Å². The molecular formula is C18H15ClFN3O2. The van der Waals surface area contributed by atoms with Crippen LogP contribution in [-0.4, -0.2) is 16.4 Å². The van der Waals surface area contributed by atoms with Crippen LogP contribution >= 0.6 is 11.6 Å². The summed E-state index contributed by atoms with van der Waals surface area (Å²) in [5, 5.41) is 4.24. The summed E-state index contributed by atoms with van der Waals surface area (Å²) >= 11 is 5.99. The van der Waals surface area contributed by atoms with E-state index in [0.29, 0.717) is 16.3 Å². The van der Waals surface area contributed by atoms with Crippen molar-refractivity contribution in [2.24, 2.45) is 12.8 Å². The molecule has 0 unspecified atom stereocenters. The number of carbonyl (C=O) groups excluding carboxylic acids is 2. The fraction of sp³-hybridized carbons (Fsp3) is 0.111. The van der Waals surface area contributed by atoms with E-state index in [4.69, 9.17) is 17.3 Å². The quantitative estimate of drug-likeness (QED) is 0.751. The van der Waals surface area contributed by atoms with Crippen LogP contribution in [0.3, 0.4) is 0 Å². The number of benzene rings is 2. The zero-order valence-electron chi connectivity index (χ0n) is 13.3. The highest BCUT2D eigenvalue weighted by Crippen LogP contribution is 2.22. The van der Waals surface area contributed by atoms with Crippen molar-refractivity contribution in [3.8, 4) is 0 Å². The summed E-state index contributed by atoms with van der Waals surface area (Å²) in [6, 6.07) is 11.1. The molecule has 3 N–H and O–H groups in total. The minimum absolute atomic E-state index is 0.141. The lowest BCUT2D eigenvalue weighted by atomic mass is 10.1. The van der Waals surface area contributed by atoms with Gasteiger partial charge in [-0.3, -0.25) is 9.59 Å². The molecule has 0 radical (unpaired) electrons. The number of carbonyl (C=O) groups is 2. The first-order valence-electron chi connectivity index (χ1n) is 7.48. The van der Waals surface area contributed by atoms with E-state index in [1.165, 1.54) is 12.1 Å². The molecule has 128 valence electrons. The largest absolute Gasteiger partial charge is 0.366 e. The van der Waals surface area contributed by atoms with Gasteiger partial charge >= 0.3 is 0 Å². The summed E-state index contributed by atoms with van der Waals surface area (Å²) in [7, 11) is 1.77. The number of primary amides is 1. The van der Waals surface area contributed by atoms with E-state index in [-0.39, 0.29) is 18.0 Å². The molecule has 0 saturated carbocycles. The van der Waals surface area contributed by atoms with E-state index in [1.54, 1.807) is 29.8 Å². The highest BCUT2D eigenvalue weighted by molar-refractivity contribution is 6.31. The SMILES string of the molecule is Cn1c(C(=O)NCc2ccc(F)c(C(N)=O)c2)cc2ccc(Cl)cc21. The Hall–Kier alpha value is -2.86. The van der Waals surface area contributed by atoms with Crippen LogP contribution < -0.4 is 11.1 Å². The lowest BCUT2D eigenvalue weighted by Crippen LogP contribution is -2.25. The molecule has 0 aliphatic carbocycles. The Kier molecular flexibility index (Phi) is 4.46. The van der Waals surface area contributed by atoms with E-state index in [1.807, 2.05) is 6.07 Å². The van der Waals surface area contributed by atoms with Crippen molar-refractivity contribution in [3.63, 3.8) is 0 Å². The maximum absolute atomic E-state index is 13.5. The number of rotatable bonds is 4. The first-order valence-corrected chi connectivity index (χ1v) is 7.86. The first-order chi connectivity index (χ1) is 11.9. The summed E-state index contributed by atoms with van der Waals surface area (Å²) in [4.78, 5) is 23.6. The number of halogens is 2. The molecule has 7 heteroatoms. The van der Waals surface area contributed by atoms with Crippen molar-refractivity contribution < 1.29 is 14.0 Å².